The van der Waals surface area contributed by atoms with Crippen LogP contribution in [0.15, 0.2) is 34.6 Å². The molecule has 0 bridgehead atoms. The summed E-state index contributed by atoms with van der Waals surface area (Å²) in [6.45, 7) is 2.37. The van der Waals surface area contributed by atoms with E-state index in [-0.39, 0.29) is 11.5 Å². The largest absolute Gasteiger partial charge is 0.347 e. The number of fused-ring (bicyclic) bond motifs is 1. The lowest BCUT2D eigenvalue weighted by Gasteiger charge is -2.04. The SMILES string of the molecule is Cc1sc2ccn(C)c(=O)c2c1C(=O)NCc1cccs1. The minimum absolute atomic E-state index is 0.127. The molecule has 6 heteroatoms. The molecular weight excluding hydrogens is 304 g/mol. The van der Waals surface area contributed by atoms with Crippen molar-refractivity contribution >= 4 is 38.7 Å². The number of hydrogen-bond donors (Lipinski definition) is 1. The minimum atomic E-state index is -0.185. The Balaban J connectivity index is 1.99. The third-order valence-corrected chi connectivity index (χ3v) is 5.27. The van der Waals surface area contributed by atoms with Crippen molar-refractivity contribution in [3.8, 4) is 0 Å². The number of aromatic nitrogens is 1. The van der Waals surface area contributed by atoms with E-state index in [4.69, 9.17) is 0 Å². The van der Waals surface area contributed by atoms with Crippen LogP contribution in [0.5, 0.6) is 0 Å². The van der Waals surface area contributed by atoms with Crippen molar-refractivity contribution in [2.75, 3.05) is 0 Å². The molecule has 3 aromatic rings. The van der Waals surface area contributed by atoms with Crippen molar-refractivity contribution in [1.82, 2.24) is 9.88 Å². The Labute approximate surface area is 129 Å². The molecule has 1 amide bonds. The van der Waals surface area contributed by atoms with Crippen molar-refractivity contribution in [3.63, 3.8) is 0 Å². The molecule has 0 aliphatic carbocycles. The number of thiophene rings is 2. The van der Waals surface area contributed by atoms with Gasteiger partial charge in [0.2, 0.25) is 0 Å². The summed E-state index contributed by atoms with van der Waals surface area (Å²) >= 11 is 3.08. The standard InChI is InChI=1S/C15H14N2O2S2/c1-9-12(14(18)16-8-10-4-3-7-20-10)13-11(21-9)5-6-17(2)15(13)19/h3-7H,8H2,1-2H3,(H,16,18). The first-order valence-corrected chi connectivity index (χ1v) is 8.17. The summed E-state index contributed by atoms with van der Waals surface area (Å²) in [7, 11) is 1.70. The molecule has 0 atom stereocenters. The molecule has 0 unspecified atom stereocenters. The molecular formula is C15H14N2O2S2. The summed E-state index contributed by atoms with van der Waals surface area (Å²) in [6, 6.07) is 5.81. The molecule has 0 aliphatic heterocycles. The van der Waals surface area contributed by atoms with E-state index in [0.717, 1.165) is 14.5 Å². The third-order valence-electron chi connectivity index (χ3n) is 3.33. The van der Waals surface area contributed by atoms with Gasteiger partial charge in [-0.2, -0.15) is 0 Å². The lowest BCUT2D eigenvalue weighted by molar-refractivity contribution is 0.0952. The molecule has 108 valence electrons. The van der Waals surface area contributed by atoms with Gasteiger partial charge in [-0.05, 0) is 24.4 Å². The summed E-state index contributed by atoms with van der Waals surface area (Å²) in [4.78, 5) is 26.7. The second kappa shape index (κ2) is 5.46. The summed E-state index contributed by atoms with van der Waals surface area (Å²) in [5, 5.41) is 5.39. The topological polar surface area (TPSA) is 51.1 Å². The average Bonchev–Trinajstić information content (AvgIpc) is 3.07. The quantitative estimate of drug-likeness (QED) is 0.807. The first kappa shape index (κ1) is 14.0. The van der Waals surface area contributed by atoms with Crippen molar-refractivity contribution in [1.29, 1.82) is 0 Å². The average molecular weight is 318 g/mol. The van der Waals surface area contributed by atoms with Crippen LogP contribution >= 0.6 is 22.7 Å². The lowest BCUT2D eigenvalue weighted by Crippen LogP contribution is -2.25. The predicted octanol–water partition coefficient (Wildman–Crippen LogP) is 2.90. The number of pyridine rings is 1. The molecule has 3 rings (SSSR count). The van der Waals surface area contributed by atoms with E-state index in [1.165, 1.54) is 15.9 Å². The molecule has 0 fully saturated rings. The number of carbonyl (C=O) groups excluding carboxylic acids is 1. The van der Waals surface area contributed by atoms with E-state index in [1.54, 1.807) is 24.6 Å². The van der Waals surface area contributed by atoms with Crippen LogP contribution in [0.4, 0.5) is 0 Å². The van der Waals surface area contributed by atoms with Gasteiger partial charge in [-0.15, -0.1) is 22.7 Å². The van der Waals surface area contributed by atoms with Gasteiger partial charge in [-0.25, -0.2) is 0 Å². The molecule has 21 heavy (non-hydrogen) atoms. The molecule has 0 saturated heterocycles. The maximum atomic E-state index is 12.5. The number of aryl methyl sites for hydroxylation is 2. The fourth-order valence-corrected chi connectivity index (χ4v) is 3.95. The first-order chi connectivity index (χ1) is 10.1. The second-order valence-electron chi connectivity index (χ2n) is 4.77. The monoisotopic (exact) mass is 318 g/mol. The molecule has 0 spiro atoms. The Kier molecular flexibility index (Phi) is 3.65. The van der Waals surface area contributed by atoms with E-state index in [2.05, 4.69) is 5.32 Å². The van der Waals surface area contributed by atoms with Gasteiger partial charge in [0.1, 0.15) is 0 Å². The molecule has 0 aliphatic rings. The number of nitrogens with one attached hydrogen (secondary N) is 1. The normalized spacial score (nSPS) is 11.0. The second-order valence-corrected chi connectivity index (χ2v) is 7.05. The molecule has 3 aromatic heterocycles. The van der Waals surface area contributed by atoms with Crippen molar-refractivity contribution in [2.45, 2.75) is 13.5 Å². The maximum absolute atomic E-state index is 12.5. The molecule has 0 radical (unpaired) electrons. The van der Waals surface area contributed by atoms with Crippen LogP contribution in [0.3, 0.4) is 0 Å². The maximum Gasteiger partial charge on any atom is 0.259 e. The summed E-state index contributed by atoms with van der Waals surface area (Å²) in [5.41, 5.74) is 0.380. The van der Waals surface area contributed by atoms with Gasteiger partial charge in [-0.3, -0.25) is 9.59 Å². The Morgan fingerprint density at radius 2 is 2.19 bits per heavy atom. The van der Waals surface area contributed by atoms with Gasteiger partial charge in [0.15, 0.2) is 0 Å². The van der Waals surface area contributed by atoms with Crippen LogP contribution in [0.2, 0.25) is 0 Å². The number of amides is 1. The molecule has 0 aromatic carbocycles. The minimum Gasteiger partial charge on any atom is -0.347 e. The lowest BCUT2D eigenvalue weighted by atomic mass is 10.1. The fraction of sp³-hybridized carbons (Fsp3) is 0.200. The van der Waals surface area contributed by atoms with Crippen LogP contribution < -0.4 is 10.9 Å². The zero-order valence-corrected chi connectivity index (χ0v) is 13.3. The Bertz CT molecular complexity index is 860. The summed E-state index contributed by atoms with van der Waals surface area (Å²) < 4.78 is 2.36. The van der Waals surface area contributed by atoms with Gasteiger partial charge in [0.25, 0.3) is 11.5 Å². The molecule has 1 N–H and O–H groups in total. The predicted molar refractivity (Wildman–Crippen MR) is 87.3 cm³/mol. The Morgan fingerprint density at radius 3 is 2.90 bits per heavy atom. The van der Waals surface area contributed by atoms with Gasteiger partial charge >= 0.3 is 0 Å². The fourth-order valence-electron chi connectivity index (χ4n) is 2.26. The van der Waals surface area contributed by atoms with Crippen LogP contribution in [-0.4, -0.2) is 10.5 Å². The summed E-state index contributed by atoms with van der Waals surface area (Å²) in [5.74, 6) is -0.185. The van der Waals surface area contributed by atoms with Crippen LogP contribution in [0.1, 0.15) is 20.1 Å². The van der Waals surface area contributed by atoms with Crippen LogP contribution in [-0.2, 0) is 13.6 Å². The highest BCUT2D eigenvalue weighted by Gasteiger charge is 2.19. The van der Waals surface area contributed by atoms with Crippen molar-refractivity contribution < 1.29 is 4.79 Å². The number of nitrogens with zero attached hydrogens (tertiary/aromatic N) is 1. The first-order valence-electron chi connectivity index (χ1n) is 6.47. The zero-order valence-electron chi connectivity index (χ0n) is 11.7. The smallest absolute Gasteiger partial charge is 0.259 e. The number of rotatable bonds is 3. The molecule has 0 saturated carbocycles. The van der Waals surface area contributed by atoms with Gasteiger partial charge in [0, 0.05) is 27.7 Å². The van der Waals surface area contributed by atoms with E-state index in [9.17, 15) is 9.59 Å². The number of hydrogen-bond acceptors (Lipinski definition) is 4. The zero-order chi connectivity index (χ0) is 15.0. The van der Waals surface area contributed by atoms with Crippen LogP contribution in [0, 0.1) is 6.92 Å². The summed E-state index contributed by atoms with van der Waals surface area (Å²) in [6.07, 6.45) is 1.73. The highest BCUT2D eigenvalue weighted by atomic mass is 32.1. The highest BCUT2D eigenvalue weighted by molar-refractivity contribution is 7.19. The van der Waals surface area contributed by atoms with E-state index in [1.807, 2.05) is 30.5 Å². The third kappa shape index (κ3) is 2.52. The Morgan fingerprint density at radius 1 is 1.38 bits per heavy atom. The van der Waals surface area contributed by atoms with E-state index in [0.29, 0.717) is 17.5 Å². The van der Waals surface area contributed by atoms with Crippen LogP contribution in [0.25, 0.3) is 10.1 Å². The van der Waals surface area contributed by atoms with Crippen molar-refractivity contribution in [3.05, 3.63) is 55.4 Å². The number of carbonyl (C=O) groups is 1. The van der Waals surface area contributed by atoms with E-state index >= 15 is 0 Å². The van der Waals surface area contributed by atoms with Gasteiger partial charge in [0.05, 0.1) is 17.5 Å². The van der Waals surface area contributed by atoms with Crippen molar-refractivity contribution in [2.24, 2.45) is 7.05 Å². The molecule has 4 nitrogen and oxygen atoms in total. The molecule has 3 heterocycles. The van der Waals surface area contributed by atoms with Gasteiger partial charge < -0.3 is 9.88 Å². The Hall–Kier alpha value is -1.92. The highest BCUT2D eigenvalue weighted by Crippen LogP contribution is 2.28. The van der Waals surface area contributed by atoms with E-state index < -0.39 is 0 Å². The van der Waals surface area contributed by atoms with Gasteiger partial charge in [-0.1, -0.05) is 6.07 Å².